The fraction of sp³-hybridized carbons (Fsp3) is 0.391. The van der Waals surface area contributed by atoms with Crippen molar-refractivity contribution in [3.8, 4) is 11.5 Å². The lowest BCUT2D eigenvalue weighted by Crippen LogP contribution is -2.26. The van der Waals surface area contributed by atoms with Crippen LogP contribution in [0.25, 0.3) is 0 Å². The SMILES string of the molecule is CCOC(=O)c1cc(OC[C@H](O)COc2cc(C(=O)OC(C)(C)C)cc([N+](=O)[O-])c2Cl)c(Cl)c([N+](=O)[O-])c1. The van der Waals surface area contributed by atoms with Crippen LogP contribution < -0.4 is 9.47 Å². The Bertz CT molecular complexity index is 1240. The maximum Gasteiger partial charge on any atom is 0.339 e. The number of carbonyl (C=O) groups is 2. The topological polar surface area (TPSA) is 178 Å². The van der Waals surface area contributed by atoms with Gasteiger partial charge in [0.2, 0.25) is 0 Å². The zero-order valence-electron chi connectivity index (χ0n) is 20.7. The van der Waals surface area contributed by atoms with Crippen LogP contribution in [-0.2, 0) is 9.47 Å². The number of hydrogen-bond acceptors (Lipinski definition) is 11. The second-order valence-electron chi connectivity index (χ2n) is 8.63. The Hall–Kier alpha value is -3.68. The predicted molar refractivity (Wildman–Crippen MR) is 134 cm³/mol. The minimum absolute atomic E-state index is 0.0251. The molecule has 206 valence electrons. The molecule has 0 heterocycles. The van der Waals surface area contributed by atoms with Crippen LogP contribution in [0.15, 0.2) is 24.3 Å². The zero-order chi connectivity index (χ0) is 28.8. The molecule has 0 spiro atoms. The average Bonchev–Trinajstić information content (AvgIpc) is 2.81. The van der Waals surface area contributed by atoms with Gasteiger partial charge in [-0.2, -0.15) is 0 Å². The van der Waals surface area contributed by atoms with Crippen LogP contribution in [0.3, 0.4) is 0 Å². The van der Waals surface area contributed by atoms with Crippen LogP contribution in [0.2, 0.25) is 10.0 Å². The smallest absolute Gasteiger partial charge is 0.339 e. The van der Waals surface area contributed by atoms with E-state index >= 15 is 0 Å². The van der Waals surface area contributed by atoms with Gasteiger partial charge in [-0.05, 0) is 39.8 Å². The van der Waals surface area contributed by atoms with Crippen molar-refractivity contribution in [1.82, 2.24) is 0 Å². The number of esters is 2. The van der Waals surface area contributed by atoms with Crippen molar-refractivity contribution >= 4 is 46.5 Å². The minimum atomic E-state index is -1.41. The van der Waals surface area contributed by atoms with Gasteiger partial charge in [0, 0.05) is 12.1 Å². The Balaban J connectivity index is 2.21. The number of aliphatic hydroxyl groups is 1. The van der Waals surface area contributed by atoms with Gasteiger partial charge in [-0.15, -0.1) is 0 Å². The zero-order valence-corrected chi connectivity index (χ0v) is 22.2. The molecule has 2 rings (SSSR count). The molecule has 0 aliphatic carbocycles. The molecule has 0 bridgehead atoms. The Labute approximate surface area is 226 Å². The molecule has 2 aromatic rings. The van der Waals surface area contributed by atoms with Gasteiger partial charge < -0.3 is 24.1 Å². The van der Waals surface area contributed by atoms with E-state index < -0.39 is 68.1 Å². The number of nitro groups is 2. The Morgan fingerprint density at radius 3 is 1.68 bits per heavy atom. The van der Waals surface area contributed by atoms with E-state index in [0.717, 1.165) is 24.3 Å². The highest BCUT2D eigenvalue weighted by Crippen LogP contribution is 2.37. The highest BCUT2D eigenvalue weighted by Gasteiger charge is 2.26. The van der Waals surface area contributed by atoms with Crippen molar-refractivity contribution in [2.75, 3.05) is 19.8 Å². The maximum atomic E-state index is 12.4. The lowest BCUT2D eigenvalue weighted by atomic mass is 10.1. The summed E-state index contributed by atoms with van der Waals surface area (Å²) in [4.78, 5) is 45.5. The third-order valence-corrected chi connectivity index (χ3v) is 5.20. The molecule has 0 amide bonds. The predicted octanol–water partition coefficient (Wildman–Crippen LogP) is 4.76. The van der Waals surface area contributed by atoms with E-state index in [9.17, 15) is 34.9 Å². The first kappa shape index (κ1) is 30.5. The molecule has 0 radical (unpaired) electrons. The highest BCUT2D eigenvalue weighted by atomic mass is 35.5. The van der Waals surface area contributed by atoms with Crippen LogP contribution in [0, 0.1) is 20.2 Å². The first-order chi connectivity index (χ1) is 17.6. The molecule has 15 heteroatoms. The van der Waals surface area contributed by atoms with Crippen LogP contribution in [0.5, 0.6) is 11.5 Å². The van der Waals surface area contributed by atoms with Gasteiger partial charge in [0.15, 0.2) is 10.0 Å². The molecule has 38 heavy (non-hydrogen) atoms. The Morgan fingerprint density at radius 2 is 1.32 bits per heavy atom. The van der Waals surface area contributed by atoms with Crippen molar-refractivity contribution < 1.29 is 43.5 Å². The van der Waals surface area contributed by atoms with Crippen LogP contribution in [0.4, 0.5) is 11.4 Å². The second-order valence-corrected chi connectivity index (χ2v) is 9.38. The summed E-state index contributed by atoms with van der Waals surface area (Å²) in [6.07, 6.45) is -1.41. The summed E-state index contributed by atoms with van der Waals surface area (Å²) >= 11 is 12.1. The van der Waals surface area contributed by atoms with E-state index in [4.69, 9.17) is 42.1 Å². The first-order valence-corrected chi connectivity index (χ1v) is 11.7. The van der Waals surface area contributed by atoms with E-state index in [1.54, 1.807) is 27.7 Å². The maximum absolute atomic E-state index is 12.4. The van der Waals surface area contributed by atoms with Gasteiger partial charge in [0.1, 0.15) is 36.4 Å². The standard InChI is InChI=1S/C23H24Cl2N2O11/c1-5-35-21(29)12-6-15(26(31)32)19(24)17(8-12)36-10-14(28)11-37-18-9-13(22(30)38-23(2,3)4)7-16(20(18)25)27(33)34/h6-9,14,28H,5,10-11H2,1-4H3/t14-/m0/s1. The molecule has 0 fully saturated rings. The Morgan fingerprint density at radius 1 is 0.895 bits per heavy atom. The Kier molecular flexibility index (Phi) is 10.2. The number of nitrogens with zero attached hydrogens (tertiary/aromatic N) is 2. The van der Waals surface area contributed by atoms with Gasteiger partial charge in [-0.25, -0.2) is 9.59 Å². The monoisotopic (exact) mass is 574 g/mol. The molecule has 1 atom stereocenters. The summed E-state index contributed by atoms with van der Waals surface area (Å²) in [6, 6.07) is 4.11. The van der Waals surface area contributed by atoms with E-state index in [-0.39, 0.29) is 29.2 Å². The minimum Gasteiger partial charge on any atom is -0.489 e. The summed E-state index contributed by atoms with van der Waals surface area (Å²) in [6.45, 7) is 5.39. The van der Waals surface area contributed by atoms with Crippen molar-refractivity contribution in [1.29, 1.82) is 0 Å². The number of nitro benzene ring substituents is 2. The van der Waals surface area contributed by atoms with Crippen LogP contribution in [-0.4, -0.2) is 58.4 Å². The largest absolute Gasteiger partial charge is 0.489 e. The highest BCUT2D eigenvalue weighted by molar-refractivity contribution is 6.34. The number of halogens is 2. The fourth-order valence-electron chi connectivity index (χ4n) is 2.85. The molecule has 0 aliphatic rings. The normalized spacial score (nSPS) is 11.9. The summed E-state index contributed by atoms with van der Waals surface area (Å²) in [7, 11) is 0. The van der Waals surface area contributed by atoms with Gasteiger partial charge in [0.05, 0.1) is 27.6 Å². The molecule has 0 saturated heterocycles. The third kappa shape index (κ3) is 8.16. The molecule has 13 nitrogen and oxygen atoms in total. The van der Waals surface area contributed by atoms with Gasteiger partial charge >= 0.3 is 11.9 Å². The molecular formula is C23H24Cl2N2O11. The number of rotatable bonds is 11. The molecular weight excluding hydrogens is 551 g/mol. The van der Waals surface area contributed by atoms with E-state index in [1.165, 1.54) is 0 Å². The lowest BCUT2D eigenvalue weighted by molar-refractivity contribution is -0.384. The summed E-state index contributed by atoms with van der Waals surface area (Å²) in [5, 5.41) is 32.2. The van der Waals surface area contributed by atoms with Crippen LogP contribution in [0.1, 0.15) is 48.4 Å². The van der Waals surface area contributed by atoms with Gasteiger partial charge in [0.25, 0.3) is 11.4 Å². The molecule has 0 aromatic heterocycles. The summed E-state index contributed by atoms with van der Waals surface area (Å²) in [5.41, 5.74) is -2.50. The molecule has 1 N–H and O–H groups in total. The molecule has 0 unspecified atom stereocenters. The van der Waals surface area contributed by atoms with Crippen LogP contribution >= 0.6 is 23.2 Å². The lowest BCUT2D eigenvalue weighted by Gasteiger charge is -2.20. The fourth-order valence-corrected chi connectivity index (χ4v) is 3.31. The number of aliphatic hydroxyl groups excluding tert-OH is 1. The molecule has 0 saturated carbocycles. The second kappa shape index (κ2) is 12.7. The average molecular weight is 575 g/mol. The molecule has 2 aromatic carbocycles. The number of benzene rings is 2. The van der Waals surface area contributed by atoms with Crippen molar-refractivity contribution in [3.05, 3.63) is 65.7 Å². The number of hydrogen-bond donors (Lipinski definition) is 1. The number of carbonyl (C=O) groups excluding carboxylic acids is 2. The number of ether oxygens (including phenoxy) is 4. The van der Waals surface area contributed by atoms with Gasteiger partial charge in [-0.1, -0.05) is 23.2 Å². The quantitative estimate of drug-likeness (QED) is 0.222. The van der Waals surface area contributed by atoms with Crippen molar-refractivity contribution in [2.45, 2.75) is 39.4 Å². The first-order valence-electron chi connectivity index (χ1n) is 10.9. The third-order valence-electron chi connectivity index (χ3n) is 4.44. The van der Waals surface area contributed by atoms with E-state index in [0.29, 0.717) is 0 Å². The van der Waals surface area contributed by atoms with E-state index in [1.807, 2.05) is 0 Å². The molecule has 0 aliphatic heterocycles. The van der Waals surface area contributed by atoms with Crippen molar-refractivity contribution in [3.63, 3.8) is 0 Å². The summed E-state index contributed by atoms with van der Waals surface area (Å²) in [5.74, 6) is -2.26. The van der Waals surface area contributed by atoms with E-state index in [2.05, 4.69) is 0 Å². The summed E-state index contributed by atoms with van der Waals surface area (Å²) < 4.78 is 20.8. The van der Waals surface area contributed by atoms with Crippen molar-refractivity contribution in [2.24, 2.45) is 0 Å². The van der Waals surface area contributed by atoms with Gasteiger partial charge in [-0.3, -0.25) is 20.2 Å².